The Morgan fingerprint density at radius 1 is 0.821 bits per heavy atom. The number of anilines is 1. The van der Waals surface area contributed by atoms with Crippen LogP contribution < -0.4 is 10.5 Å². The lowest BCUT2D eigenvalue weighted by atomic mass is 10.1. The van der Waals surface area contributed by atoms with Crippen LogP contribution in [0.4, 0.5) is 5.82 Å². The second kappa shape index (κ2) is 11.1. The molecule has 1 amide bonds. The molecule has 7 nitrogen and oxygen atoms in total. The molecule has 0 radical (unpaired) electrons. The van der Waals surface area contributed by atoms with Crippen molar-refractivity contribution in [3.05, 3.63) is 117 Å². The molecule has 0 bridgehead atoms. The number of benzene rings is 2. The topological polar surface area (TPSA) is 61.2 Å². The van der Waals surface area contributed by atoms with Crippen LogP contribution in [0, 0.1) is 0 Å². The molecule has 2 fully saturated rings. The summed E-state index contributed by atoms with van der Waals surface area (Å²) in [4.78, 5) is 38.6. The van der Waals surface area contributed by atoms with Gasteiger partial charge in [0, 0.05) is 38.9 Å². The summed E-state index contributed by atoms with van der Waals surface area (Å²) in [6, 6.07) is 25.7. The van der Waals surface area contributed by atoms with E-state index in [2.05, 4.69) is 34.1 Å². The summed E-state index contributed by atoms with van der Waals surface area (Å²) in [6.45, 7) is 4.45. The van der Waals surface area contributed by atoms with Gasteiger partial charge in [0.1, 0.15) is 15.8 Å². The molecule has 2 aliphatic rings. The summed E-state index contributed by atoms with van der Waals surface area (Å²) in [5.74, 6) is 0.420. The average molecular weight is 554 g/mol. The van der Waals surface area contributed by atoms with E-state index in [1.807, 2.05) is 48.5 Å². The van der Waals surface area contributed by atoms with Crippen LogP contribution >= 0.6 is 24.0 Å². The van der Waals surface area contributed by atoms with Crippen LogP contribution in [0.25, 0.3) is 11.7 Å². The third-order valence-electron chi connectivity index (χ3n) is 7.00. The Morgan fingerprint density at radius 3 is 2.15 bits per heavy atom. The first-order valence-electron chi connectivity index (χ1n) is 12.9. The molecule has 2 aliphatic heterocycles. The van der Waals surface area contributed by atoms with E-state index in [4.69, 9.17) is 17.2 Å². The number of nitrogens with zero attached hydrogens (tertiary/aromatic N) is 5. The lowest BCUT2D eigenvalue weighted by Crippen LogP contribution is -2.47. The Morgan fingerprint density at radius 2 is 1.46 bits per heavy atom. The summed E-state index contributed by atoms with van der Waals surface area (Å²) in [5, 5.41) is 0. The number of carbonyl (C=O) groups excluding carboxylic acids is 1. The van der Waals surface area contributed by atoms with Crippen LogP contribution in [0.1, 0.15) is 16.7 Å². The van der Waals surface area contributed by atoms with Gasteiger partial charge >= 0.3 is 0 Å². The molecule has 2 aromatic heterocycles. The number of fused-ring (bicyclic) bond motifs is 1. The molecule has 6 rings (SSSR count). The summed E-state index contributed by atoms with van der Waals surface area (Å²) in [6.07, 6.45) is 3.40. The molecule has 0 unspecified atom stereocenters. The number of rotatable bonds is 6. The second-order valence-electron chi connectivity index (χ2n) is 9.59. The fraction of sp³-hybridized carbons (Fsp3) is 0.200. The van der Waals surface area contributed by atoms with E-state index in [-0.39, 0.29) is 11.5 Å². The molecule has 4 heterocycles. The van der Waals surface area contributed by atoms with Crippen molar-refractivity contribution in [1.82, 2.24) is 19.2 Å². The molecule has 0 atom stereocenters. The van der Waals surface area contributed by atoms with Gasteiger partial charge < -0.3 is 4.90 Å². The molecular formula is C30H27N5O2S2. The van der Waals surface area contributed by atoms with Gasteiger partial charge in [-0.3, -0.25) is 23.8 Å². The number of hydrogen-bond acceptors (Lipinski definition) is 7. The van der Waals surface area contributed by atoms with E-state index in [0.717, 1.165) is 38.3 Å². The van der Waals surface area contributed by atoms with Crippen molar-refractivity contribution in [3.8, 4) is 0 Å². The van der Waals surface area contributed by atoms with Gasteiger partial charge in [-0.15, -0.1) is 0 Å². The quantitative estimate of drug-likeness (QED) is 0.259. The number of pyridine rings is 1. The maximum absolute atomic E-state index is 13.7. The highest BCUT2D eigenvalue weighted by molar-refractivity contribution is 8.26. The van der Waals surface area contributed by atoms with E-state index >= 15 is 0 Å². The third-order valence-corrected chi connectivity index (χ3v) is 8.38. The fourth-order valence-corrected chi connectivity index (χ4v) is 6.19. The van der Waals surface area contributed by atoms with Gasteiger partial charge in [-0.2, -0.15) is 0 Å². The first-order valence-corrected chi connectivity index (χ1v) is 14.1. The highest BCUT2D eigenvalue weighted by Gasteiger charge is 2.33. The van der Waals surface area contributed by atoms with Gasteiger partial charge in [-0.05, 0) is 29.3 Å². The van der Waals surface area contributed by atoms with Gasteiger partial charge in [-0.25, -0.2) is 4.98 Å². The zero-order chi connectivity index (χ0) is 26.8. The number of hydrogen-bond donors (Lipinski definition) is 0. The summed E-state index contributed by atoms with van der Waals surface area (Å²) in [7, 11) is 0. The Kier molecular flexibility index (Phi) is 7.28. The van der Waals surface area contributed by atoms with Gasteiger partial charge in [0.2, 0.25) is 0 Å². The van der Waals surface area contributed by atoms with Gasteiger partial charge in [0.15, 0.2) is 0 Å². The third kappa shape index (κ3) is 5.38. The molecule has 0 aliphatic carbocycles. The Bertz CT molecular complexity index is 1610. The van der Waals surface area contributed by atoms with Crippen molar-refractivity contribution in [3.63, 3.8) is 0 Å². The van der Waals surface area contributed by atoms with E-state index < -0.39 is 0 Å². The summed E-state index contributed by atoms with van der Waals surface area (Å²) in [5.41, 5.74) is 3.08. The van der Waals surface area contributed by atoms with Crippen molar-refractivity contribution < 1.29 is 4.79 Å². The minimum atomic E-state index is -0.198. The number of carbonyl (C=O) groups is 1. The van der Waals surface area contributed by atoms with Crippen LogP contribution in [-0.2, 0) is 17.9 Å². The molecule has 9 heteroatoms. The Balaban J connectivity index is 1.30. The van der Waals surface area contributed by atoms with Crippen LogP contribution in [0.5, 0.6) is 0 Å². The molecule has 196 valence electrons. The van der Waals surface area contributed by atoms with E-state index in [1.165, 1.54) is 21.7 Å². The molecule has 2 saturated heterocycles. The molecule has 0 N–H and O–H groups in total. The molecular weight excluding hydrogens is 526 g/mol. The predicted octanol–water partition coefficient (Wildman–Crippen LogP) is 4.42. The zero-order valence-electron chi connectivity index (χ0n) is 21.3. The molecule has 0 saturated carbocycles. The lowest BCUT2D eigenvalue weighted by molar-refractivity contribution is -0.122. The van der Waals surface area contributed by atoms with Crippen molar-refractivity contribution in [2.24, 2.45) is 0 Å². The zero-order valence-corrected chi connectivity index (χ0v) is 22.9. The van der Waals surface area contributed by atoms with Crippen LogP contribution in [0.15, 0.2) is 94.8 Å². The number of thiocarbonyl (C=S) groups is 1. The molecule has 0 spiro atoms. The molecule has 4 aromatic rings. The first kappa shape index (κ1) is 25.5. The normalized spacial score (nSPS) is 17.5. The van der Waals surface area contributed by atoms with Crippen molar-refractivity contribution in [1.29, 1.82) is 0 Å². The van der Waals surface area contributed by atoms with Crippen LogP contribution in [0.2, 0.25) is 0 Å². The standard InChI is InChI=1S/C30H27N5O2S2/c36-28-24(19-25-29(37)35(30(38)39-25)21-23-11-5-2-6-12-23)27(31-26-13-7-8-14-34(26)28)33-17-15-32(16-18-33)20-22-9-3-1-4-10-22/h1-14,19H,15-18,20-21H2/b25-19-. The van der Waals surface area contributed by atoms with Crippen molar-refractivity contribution in [2.45, 2.75) is 13.1 Å². The number of piperazine rings is 1. The lowest BCUT2D eigenvalue weighted by Gasteiger charge is -2.36. The van der Waals surface area contributed by atoms with E-state index in [1.54, 1.807) is 23.2 Å². The average Bonchev–Trinajstić information content (AvgIpc) is 3.23. The summed E-state index contributed by atoms with van der Waals surface area (Å²) >= 11 is 6.79. The SMILES string of the molecule is O=C1/C(=C/c2c(N3CCN(Cc4ccccc4)CC3)nc3ccccn3c2=O)SC(=S)N1Cc1ccccc1. The largest absolute Gasteiger partial charge is 0.353 e. The van der Waals surface area contributed by atoms with E-state index in [0.29, 0.717) is 32.8 Å². The smallest absolute Gasteiger partial charge is 0.267 e. The maximum Gasteiger partial charge on any atom is 0.267 e. The fourth-order valence-electron chi connectivity index (χ4n) is 4.95. The predicted molar refractivity (Wildman–Crippen MR) is 161 cm³/mol. The Hall–Kier alpha value is -3.79. The van der Waals surface area contributed by atoms with Gasteiger partial charge in [-0.1, -0.05) is 90.7 Å². The minimum Gasteiger partial charge on any atom is -0.353 e. The summed E-state index contributed by atoms with van der Waals surface area (Å²) < 4.78 is 2.02. The van der Waals surface area contributed by atoms with Crippen molar-refractivity contribution in [2.75, 3.05) is 31.1 Å². The first-order chi connectivity index (χ1) is 19.1. The van der Waals surface area contributed by atoms with E-state index in [9.17, 15) is 9.59 Å². The highest BCUT2D eigenvalue weighted by Crippen LogP contribution is 2.34. The number of aromatic nitrogens is 2. The van der Waals surface area contributed by atoms with Gasteiger partial charge in [0.05, 0.1) is 17.0 Å². The Labute approximate surface area is 236 Å². The minimum absolute atomic E-state index is 0.190. The molecule has 39 heavy (non-hydrogen) atoms. The molecule has 2 aromatic carbocycles. The number of amides is 1. The number of thioether (sulfide) groups is 1. The monoisotopic (exact) mass is 553 g/mol. The highest BCUT2D eigenvalue weighted by atomic mass is 32.2. The van der Waals surface area contributed by atoms with Crippen molar-refractivity contribution >= 4 is 51.7 Å². The van der Waals surface area contributed by atoms with Gasteiger partial charge in [0.25, 0.3) is 11.5 Å². The van der Waals surface area contributed by atoms with Crippen LogP contribution in [0.3, 0.4) is 0 Å². The van der Waals surface area contributed by atoms with Crippen LogP contribution in [-0.4, -0.2) is 55.6 Å². The second-order valence-corrected chi connectivity index (χ2v) is 11.3. The maximum atomic E-state index is 13.7.